The van der Waals surface area contributed by atoms with Crippen molar-refractivity contribution in [1.29, 1.82) is 0 Å². The number of ether oxygens (including phenoxy) is 1. The number of nitrogens with one attached hydrogen (secondary N) is 2. The molecule has 90 valence electrons. The minimum atomic E-state index is -3.03. The maximum absolute atomic E-state index is 10.7. The lowest BCUT2D eigenvalue weighted by Gasteiger charge is -2.34. The van der Waals surface area contributed by atoms with Gasteiger partial charge >= 0.3 is 0 Å². The summed E-state index contributed by atoms with van der Waals surface area (Å²) >= 11 is 0. The second-order valence-electron chi connectivity index (χ2n) is 4.00. The van der Waals surface area contributed by atoms with Gasteiger partial charge in [-0.2, -0.15) is 0 Å². The summed E-state index contributed by atoms with van der Waals surface area (Å²) in [4.78, 5) is 0. The van der Waals surface area contributed by atoms with Crippen LogP contribution in [0.3, 0.4) is 0 Å². The lowest BCUT2D eigenvalue weighted by Crippen LogP contribution is -2.45. The van der Waals surface area contributed by atoms with E-state index in [9.17, 15) is 8.42 Å². The van der Waals surface area contributed by atoms with Crippen molar-refractivity contribution >= 4 is 10.0 Å². The van der Waals surface area contributed by atoms with Gasteiger partial charge in [-0.05, 0) is 25.8 Å². The van der Waals surface area contributed by atoms with Crippen molar-refractivity contribution in [3.8, 4) is 0 Å². The molecule has 5 nitrogen and oxygen atoms in total. The van der Waals surface area contributed by atoms with Crippen LogP contribution in [0.2, 0.25) is 0 Å². The molecule has 2 N–H and O–H groups in total. The van der Waals surface area contributed by atoms with Crippen LogP contribution < -0.4 is 10.0 Å². The average molecular weight is 236 g/mol. The Morgan fingerprint density at radius 3 is 2.53 bits per heavy atom. The predicted molar refractivity (Wildman–Crippen MR) is 59.3 cm³/mol. The molecule has 0 spiro atoms. The lowest BCUT2D eigenvalue weighted by atomic mass is 9.89. The number of rotatable bonds is 7. The van der Waals surface area contributed by atoms with Gasteiger partial charge in [-0.25, -0.2) is 13.1 Å². The van der Waals surface area contributed by atoms with Crippen LogP contribution in [0.1, 0.15) is 19.3 Å². The third kappa shape index (κ3) is 5.46. The van der Waals surface area contributed by atoms with Crippen LogP contribution >= 0.6 is 0 Å². The highest BCUT2D eigenvalue weighted by molar-refractivity contribution is 7.88. The molecule has 0 heterocycles. The Bertz CT molecular complexity index is 273. The normalized spacial score (nSPS) is 26.3. The zero-order valence-electron chi connectivity index (χ0n) is 9.32. The number of sulfonamides is 1. The van der Waals surface area contributed by atoms with Gasteiger partial charge in [0.15, 0.2) is 0 Å². The summed E-state index contributed by atoms with van der Waals surface area (Å²) < 4.78 is 29.1. The van der Waals surface area contributed by atoms with Gasteiger partial charge in [0, 0.05) is 19.7 Å². The standard InChI is InChI=1S/C9H20N2O3S/c1-14-9-6-8(7-9)10-4-3-5-11-15(2,12)13/h8-11H,3-7H2,1-2H3. The molecule has 0 saturated heterocycles. The Morgan fingerprint density at radius 2 is 2.00 bits per heavy atom. The molecule has 1 saturated carbocycles. The Kier molecular flexibility index (Phi) is 4.98. The second kappa shape index (κ2) is 5.79. The van der Waals surface area contributed by atoms with E-state index in [1.807, 2.05) is 0 Å². The first-order valence-corrected chi connectivity index (χ1v) is 7.11. The van der Waals surface area contributed by atoms with E-state index in [-0.39, 0.29) is 0 Å². The van der Waals surface area contributed by atoms with Gasteiger partial charge in [-0.1, -0.05) is 0 Å². The molecule has 0 bridgehead atoms. The van der Waals surface area contributed by atoms with Crippen molar-refractivity contribution < 1.29 is 13.2 Å². The van der Waals surface area contributed by atoms with E-state index in [0.29, 0.717) is 18.7 Å². The van der Waals surface area contributed by atoms with Crippen LogP contribution in [-0.2, 0) is 14.8 Å². The van der Waals surface area contributed by atoms with Crippen molar-refractivity contribution in [2.75, 3.05) is 26.5 Å². The molecule has 0 aromatic rings. The summed E-state index contributed by atoms with van der Waals surface area (Å²) in [5.41, 5.74) is 0. The van der Waals surface area contributed by atoms with Crippen molar-refractivity contribution in [2.24, 2.45) is 0 Å². The lowest BCUT2D eigenvalue weighted by molar-refractivity contribution is 0.0176. The zero-order chi connectivity index (χ0) is 11.3. The SMILES string of the molecule is COC1CC(NCCCNS(C)(=O)=O)C1. The molecule has 0 atom stereocenters. The van der Waals surface area contributed by atoms with Crippen molar-refractivity contribution in [3.05, 3.63) is 0 Å². The summed E-state index contributed by atoms with van der Waals surface area (Å²) in [6, 6.07) is 0.549. The van der Waals surface area contributed by atoms with Crippen molar-refractivity contribution in [1.82, 2.24) is 10.0 Å². The number of methoxy groups -OCH3 is 1. The Labute approximate surface area is 91.6 Å². The van der Waals surface area contributed by atoms with E-state index in [1.165, 1.54) is 6.26 Å². The fourth-order valence-corrected chi connectivity index (χ4v) is 2.09. The number of hydrogen-bond donors (Lipinski definition) is 2. The van der Waals surface area contributed by atoms with Crippen LogP contribution in [0.5, 0.6) is 0 Å². The molecule has 6 heteroatoms. The van der Waals surface area contributed by atoms with E-state index in [2.05, 4.69) is 10.0 Å². The molecule has 15 heavy (non-hydrogen) atoms. The summed E-state index contributed by atoms with van der Waals surface area (Å²) in [7, 11) is -1.29. The molecular formula is C9H20N2O3S. The molecule has 1 aliphatic rings. The molecule has 0 amide bonds. The first-order chi connectivity index (χ1) is 7.01. The minimum absolute atomic E-state index is 0.414. The molecule has 0 radical (unpaired) electrons. The zero-order valence-corrected chi connectivity index (χ0v) is 10.1. The molecule has 0 aromatic heterocycles. The molecule has 1 rings (SSSR count). The van der Waals surface area contributed by atoms with Crippen LogP contribution in [0.25, 0.3) is 0 Å². The Morgan fingerprint density at radius 1 is 1.33 bits per heavy atom. The third-order valence-electron chi connectivity index (χ3n) is 2.58. The van der Waals surface area contributed by atoms with Gasteiger partial charge in [0.05, 0.1) is 12.4 Å². The van der Waals surface area contributed by atoms with E-state index < -0.39 is 10.0 Å². The number of hydrogen-bond acceptors (Lipinski definition) is 4. The highest BCUT2D eigenvalue weighted by Crippen LogP contribution is 2.22. The monoisotopic (exact) mass is 236 g/mol. The van der Waals surface area contributed by atoms with Gasteiger partial charge < -0.3 is 10.1 Å². The van der Waals surface area contributed by atoms with Gasteiger partial charge in [0.1, 0.15) is 0 Å². The van der Waals surface area contributed by atoms with Gasteiger partial charge in [0.2, 0.25) is 10.0 Å². The van der Waals surface area contributed by atoms with E-state index in [1.54, 1.807) is 7.11 Å². The van der Waals surface area contributed by atoms with Gasteiger partial charge in [-0.15, -0.1) is 0 Å². The first-order valence-electron chi connectivity index (χ1n) is 5.22. The van der Waals surface area contributed by atoms with Gasteiger partial charge in [0.25, 0.3) is 0 Å². The fourth-order valence-electron chi connectivity index (χ4n) is 1.58. The van der Waals surface area contributed by atoms with Crippen LogP contribution in [0.4, 0.5) is 0 Å². The maximum atomic E-state index is 10.7. The first kappa shape index (κ1) is 12.9. The Balaban J connectivity index is 1.91. The summed E-state index contributed by atoms with van der Waals surface area (Å²) in [5, 5.41) is 3.35. The third-order valence-corrected chi connectivity index (χ3v) is 3.31. The highest BCUT2D eigenvalue weighted by Gasteiger charge is 2.27. The molecule has 0 aliphatic heterocycles. The molecule has 1 fully saturated rings. The van der Waals surface area contributed by atoms with E-state index >= 15 is 0 Å². The quantitative estimate of drug-likeness (QED) is 0.595. The summed E-state index contributed by atoms with van der Waals surface area (Å²) in [6.45, 7) is 1.36. The highest BCUT2D eigenvalue weighted by atomic mass is 32.2. The maximum Gasteiger partial charge on any atom is 0.208 e. The molecule has 0 unspecified atom stereocenters. The summed E-state index contributed by atoms with van der Waals surface area (Å²) in [5.74, 6) is 0. The van der Waals surface area contributed by atoms with Crippen LogP contribution in [0.15, 0.2) is 0 Å². The van der Waals surface area contributed by atoms with Crippen LogP contribution in [-0.4, -0.2) is 47.0 Å². The largest absolute Gasteiger partial charge is 0.381 e. The topological polar surface area (TPSA) is 67.4 Å². The molecule has 1 aliphatic carbocycles. The van der Waals surface area contributed by atoms with E-state index in [4.69, 9.17) is 4.74 Å². The minimum Gasteiger partial charge on any atom is -0.381 e. The van der Waals surface area contributed by atoms with Crippen molar-refractivity contribution in [3.63, 3.8) is 0 Å². The summed E-state index contributed by atoms with van der Waals surface area (Å²) in [6.07, 6.45) is 4.54. The predicted octanol–water partition coefficient (Wildman–Crippen LogP) is -0.307. The van der Waals surface area contributed by atoms with Crippen molar-refractivity contribution in [2.45, 2.75) is 31.4 Å². The Hall–Kier alpha value is -0.170. The molecular weight excluding hydrogens is 216 g/mol. The smallest absolute Gasteiger partial charge is 0.208 e. The van der Waals surface area contributed by atoms with Gasteiger partial charge in [-0.3, -0.25) is 0 Å². The van der Waals surface area contributed by atoms with E-state index in [0.717, 1.165) is 25.8 Å². The average Bonchev–Trinajstić information content (AvgIpc) is 2.05. The second-order valence-corrected chi connectivity index (χ2v) is 5.83. The molecule has 0 aromatic carbocycles. The van der Waals surface area contributed by atoms with Crippen LogP contribution in [0, 0.1) is 0 Å². The fraction of sp³-hybridized carbons (Fsp3) is 1.00.